The van der Waals surface area contributed by atoms with Crippen molar-refractivity contribution >= 4 is 11.8 Å². The van der Waals surface area contributed by atoms with Gasteiger partial charge in [0.25, 0.3) is 0 Å². The highest BCUT2D eigenvalue weighted by atomic mass is 16.2. The van der Waals surface area contributed by atoms with Gasteiger partial charge >= 0.3 is 0 Å². The third-order valence-electron chi connectivity index (χ3n) is 3.09. The first kappa shape index (κ1) is 16.2. The summed E-state index contributed by atoms with van der Waals surface area (Å²) in [6.45, 7) is 7.42. The summed E-state index contributed by atoms with van der Waals surface area (Å²) in [6, 6.07) is 7.93. The van der Waals surface area contributed by atoms with E-state index in [4.69, 9.17) is 0 Å². The number of carbonyl (C=O) groups is 2. The van der Waals surface area contributed by atoms with Crippen LogP contribution in [0.4, 0.5) is 0 Å². The van der Waals surface area contributed by atoms with Gasteiger partial charge in [-0.05, 0) is 18.9 Å². The summed E-state index contributed by atoms with van der Waals surface area (Å²) in [5, 5.41) is 2.86. The molecule has 0 aliphatic carbocycles. The SMILES string of the molecule is CCCN(CCNC(=O)Cc1cccc(C)c1)C(C)=O. The van der Waals surface area contributed by atoms with Gasteiger partial charge in [-0.3, -0.25) is 9.59 Å². The summed E-state index contributed by atoms with van der Waals surface area (Å²) in [5.41, 5.74) is 2.17. The molecule has 0 heterocycles. The van der Waals surface area contributed by atoms with E-state index in [-0.39, 0.29) is 11.8 Å². The second-order valence-electron chi connectivity index (χ2n) is 5.02. The minimum absolute atomic E-state index is 0.00407. The van der Waals surface area contributed by atoms with Gasteiger partial charge in [-0.15, -0.1) is 0 Å². The van der Waals surface area contributed by atoms with Crippen molar-refractivity contribution in [2.24, 2.45) is 0 Å². The maximum Gasteiger partial charge on any atom is 0.224 e. The molecule has 0 saturated heterocycles. The van der Waals surface area contributed by atoms with Crippen LogP contribution in [0.3, 0.4) is 0 Å². The largest absolute Gasteiger partial charge is 0.354 e. The van der Waals surface area contributed by atoms with E-state index in [1.807, 2.05) is 38.1 Å². The monoisotopic (exact) mass is 276 g/mol. The highest BCUT2D eigenvalue weighted by molar-refractivity contribution is 5.78. The second kappa shape index (κ2) is 8.35. The zero-order chi connectivity index (χ0) is 15.0. The Morgan fingerprint density at radius 1 is 1.25 bits per heavy atom. The fourth-order valence-corrected chi connectivity index (χ4v) is 2.10. The maximum atomic E-state index is 11.8. The normalized spacial score (nSPS) is 10.2. The maximum absolute atomic E-state index is 11.8. The predicted octanol–water partition coefficient (Wildman–Crippen LogP) is 1.91. The van der Waals surface area contributed by atoms with Crippen LogP contribution in [0, 0.1) is 6.92 Å². The van der Waals surface area contributed by atoms with Crippen LogP contribution in [0.1, 0.15) is 31.4 Å². The molecule has 110 valence electrons. The Bertz CT molecular complexity index is 458. The molecule has 1 rings (SSSR count). The lowest BCUT2D eigenvalue weighted by Crippen LogP contribution is -2.38. The Balaban J connectivity index is 2.34. The van der Waals surface area contributed by atoms with Crippen LogP contribution in [-0.4, -0.2) is 36.3 Å². The molecule has 0 aromatic heterocycles. The minimum Gasteiger partial charge on any atom is -0.354 e. The molecule has 0 aliphatic rings. The molecule has 1 aromatic carbocycles. The van der Waals surface area contributed by atoms with E-state index >= 15 is 0 Å². The first-order valence-corrected chi connectivity index (χ1v) is 7.10. The number of nitrogens with zero attached hydrogens (tertiary/aromatic N) is 1. The van der Waals surface area contributed by atoms with Gasteiger partial charge in [0.05, 0.1) is 6.42 Å². The molecule has 0 atom stereocenters. The Morgan fingerprint density at radius 3 is 2.60 bits per heavy atom. The van der Waals surface area contributed by atoms with Crippen molar-refractivity contribution in [3.8, 4) is 0 Å². The highest BCUT2D eigenvalue weighted by Gasteiger charge is 2.08. The first-order chi connectivity index (χ1) is 9.52. The lowest BCUT2D eigenvalue weighted by Gasteiger charge is -2.20. The predicted molar refractivity (Wildman–Crippen MR) is 80.4 cm³/mol. The van der Waals surface area contributed by atoms with E-state index in [1.165, 1.54) is 0 Å². The van der Waals surface area contributed by atoms with Crippen LogP contribution in [0.2, 0.25) is 0 Å². The van der Waals surface area contributed by atoms with Crippen molar-refractivity contribution in [1.82, 2.24) is 10.2 Å². The van der Waals surface area contributed by atoms with Gasteiger partial charge in [-0.1, -0.05) is 36.8 Å². The topological polar surface area (TPSA) is 49.4 Å². The zero-order valence-electron chi connectivity index (χ0n) is 12.6. The number of nitrogens with one attached hydrogen (secondary N) is 1. The molecule has 0 saturated carbocycles. The Morgan fingerprint density at radius 2 is 2.00 bits per heavy atom. The Hall–Kier alpha value is -1.84. The van der Waals surface area contributed by atoms with Gasteiger partial charge in [0.15, 0.2) is 0 Å². The van der Waals surface area contributed by atoms with Crippen molar-refractivity contribution in [1.29, 1.82) is 0 Å². The highest BCUT2D eigenvalue weighted by Crippen LogP contribution is 2.04. The molecule has 0 spiro atoms. The molecule has 1 N–H and O–H groups in total. The van der Waals surface area contributed by atoms with Gasteiger partial charge in [-0.2, -0.15) is 0 Å². The average molecular weight is 276 g/mol. The van der Waals surface area contributed by atoms with Crippen molar-refractivity contribution in [3.63, 3.8) is 0 Å². The van der Waals surface area contributed by atoms with Gasteiger partial charge in [0.1, 0.15) is 0 Å². The number of amides is 2. The van der Waals surface area contributed by atoms with Crippen molar-refractivity contribution < 1.29 is 9.59 Å². The number of hydrogen-bond acceptors (Lipinski definition) is 2. The molecule has 0 fully saturated rings. The van der Waals surface area contributed by atoms with E-state index in [0.717, 1.165) is 24.1 Å². The molecule has 0 radical (unpaired) electrons. The fraction of sp³-hybridized carbons (Fsp3) is 0.500. The van der Waals surface area contributed by atoms with Crippen LogP contribution >= 0.6 is 0 Å². The van der Waals surface area contributed by atoms with Crippen molar-refractivity contribution in [2.75, 3.05) is 19.6 Å². The standard InChI is InChI=1S/C16H24N2O2/c1-4-9-18(14(3)19)10-8-17-16(20)12-15-7-5-6-13(2)11-15/h5-7,11H,4,8-10,12H2,1-3H3,(H,17,20). The first-order valence-electron chi connectivity index (χ1n) is 7.10. The zero-order valence-corrected chi connectivity index (χ0v) is 12.6. The average Bonchev–Trinajstić information content (AvgIpc) is 2.37. The molecule has 1 aromatic rings. The van der Waals surface area contributed by atoms with Crippen molar-refractivity contribution in [2.45, 2.75) is 33.6 Å². The summed E-state index contributed by atoms with van der Waals surface area (Å²) in [5.74, 6) is 0.0513. The molecular weight excluding hydrogens is 252 g/mol. The molecule has 0 bridgehead atoms. The molecule has 0 aliphatic heterocycles. The van der Waals surface area contributed by atoms with E-state index < -0.39 is 0 Å². The number of hydrogen-bond donors (Lipinski definition) is 1. The van der Waals surface area contributed by atoms with Crippen LogP contribution in [-0.2, 0) is 16.0 Å². The number of benzene rings is 1. The summed E-state index contributed by atoms with van der Waals surface area (Å²) >= 11 is 0. The summed E-state index contributed by atoms with van der Waals surface area (Å²) in [6.07, 6.45) is 1.31. The third-order valence-corrected chi connectivity index (χ3v) is 3.09. The van der Waals surface area contributed by atoms with Crippen molar-refractivity contribution in [3.05, 3.63) is 35.4 Å². The molecule has 4 heteroatoms. The summed E-state index contributed by atoms with van der Waals surface area (Å²) in [4.78, 5) is 24.9. The molecule has 0 unspecified atom stereocenters. The summed E-state index contributed by atoms with van der Waals surface area (Å²) < 4.78 is 0. The lowest BCUT2D eigenvalue weighted by atomic mass is 10.1. The van der Waals surface area contributed by atoms with Crippen LogP contribution in [0.5, 0.6) is 0 Å². The Kier molecular flexibility index (Phi) is 6.77. The quantitative estimate of drug-likeness (QED) is 0.827. The van der Waals surface area contributed by atoms with E-state index in [0.29, 0.717) is 19.5 Å². The van der Waals surface area contributed by atoms with Gasteiger partial charge in [0.2, 0.25) is 11.8 Å². The van der Waals surface area contributed by atoms with Gasteiger partial charge in [-0.25, -0.2) is 0 Å². The van der Waals surface area contributed by atoms with E-state index in [9.17, 15) is 9.59 Å². The van der Waals surface area contributed by atoms with Crippen LogP contribution in [0.25, 0.3) is 0 Å². The number of aryl methyl sites for hydroxylation is 1. The van der Waals surface area contributed by atoms with Gasteiger partial charge in [0, 0.05) is 26.6 Å². The number of rotatable bonds is 7. The Labute approximate surface area is 121 Å². The van der Waals surface area contributed by atoms with E-state index in [2.05, 4.69) is 5.32 Å². The molecule has 2 amide bonds. The molecule has 4 nitrogen and oxygen atoms in total. The van der Waals surface area contributed by atoms with Gasteiger partial charge < -0.3 is 10.2 Å². The summed E-state index contributed by atoms with van der Waals surface area (Å²) in [7, 11) is 0. The van der Waals surface area contributed by atoms with E-state index in [1.54, 1.807) is 11.8 Å². The lowest BCUT2D eigenvalue weighted by molar-refractivity contribution is -0.129. The van der Waals surface area contributed by atoms with Crippen LogP contribution in [0.15, 0.2) is 24.3 Å². The van der Waals surface area contributed by atoms with Crippen LogP contribution < -0.4 is 5.32 Å². The minimum atomic E-state index is -0.00407. The molecule has 20 heavy (non-hydrogen) atoms. The molecular formula is C16H24N2O2. The second-order valence-corrected chi connectivity index (χ2v) is 5.02. The third kappa shape index (κ3) is 5.87. The number of carbonyl (C=O) groups excluding carboxylic acids is 2. The smallest absolute Gasteiger partial charge is 0.224 e. The fourth-order valence-electron chi connectivity index (χ4n) is 2.10.